The van der Waals surface area contributed by atoms with Gasteiger partial charge in [0.15, 0.2) is 11.4 Å². The number of nitrogens with zero attached hydrogens (tertiary/aromatic N) is 5. The standard InChI is InChI=1S/C23H31N5O4.ClH/c1-7-31-20-10-15(2)21-26-27(22(24-6)28(21)25-20)14-19(30)16-11-17(23(3,4)5)13-18(12-16)32-9-8-29;/h10-13,29H,7-9,14H2,1-6H3;1H. The molecule has 33 heavy (non-hydrogen) atoms. The van der Waals surface area contributed by atoms with Gasteiger partial charge in [-0.25, -0.2) is 4.68 Å². The van der Waals surface area contributed by atoms with E-state index in [0.717, 1.165) is 11.1 Å². The maximum absolute atomic E-state index is 13.3. The van der Waals surface area contributed by atoms with Crippen molar-refractivity contribution in [3.63, 3.8) is 0 Å². The molecule has 0 radical (unpaired) electrons. The number of carbonyl (C=O) groups is 1. The van der Waals surface area contributed by atoms with Crippen LogP contribution in [0.15, 0.2) is 29.3 Å². The average molecular weight is 478 g/mol. The molecule has 180 valence electrons. The van der Waals surface area contributed by atoms with Gasteiger partial charge >= 0.3 is 0 Å². The number of aromatic nitrogens is 4. The highest BCUT2D eigenvalue weighted by atomic mass is 35.5. The predicted molar refractivity (Wildman–Crippen MR) is 128 cm³/mol. The Morgan fingerprint density at radius 2 is 1.88 bits per heavy atom. The lowest BCUT2D eigenvalue weighted by molar-refractivity contribution is 0.0965. The highest BCUT2D eigenvalue weighted by Crippen LogP contribution is 2.28. The molecule has 0 saturated heterocycles. The van der Waals surface area contributed by atoms with Crippen LogP contribution in [-0.4, -0.2) is 57.2 Å². The second-order valence-electron chi connectivity index (χ2n) is 8.51. The van der Waals surface area contributed by atoms with Crippen LogP contribution in [0.3, 0.4) is 0 Å². The van der Waals surface area contributed by atoms with E-state index in [0.29, 0.717) is 35.1 Å². The molecule has 10 heteroatoms. The van der Waals surface area contributed by atoms with Gasteiger partial charge in [0.1, 0.15) is 18.9 Å². The lowest BCUT2D eigenvalue weighted by Crippen LogP contribution is -2.27. The first-order chi connectivity index (χ1) is 15.2. The number of aliphatic hydroxyl groups is 1. The minimum absolute atomic E-state index is 0. The number of rotatable bonds is 8. The number of Topliss-reactive ketones (excluding diaryl/α,β-unsaturated/α-hetero) is 1. The molecule has 9 nitrogen and oxygen atoms in total. The molecule has 0 aliphatic rings. The number of benzene rings is 1. The second kappa shape index (κ2) is 10.8. The molecule has 0 bridgehead atoms. The van der Waals surface area contributed by atoms with E-state index in [9.17, 15) is 4.79 Å². The third kappa shape index (κ3) is 5.91. The van der Waals surface area contributed by atoms with Crippen molar-refractivity contribution in [2.75, 3.05) is 26.9 Å². The predicted octanol–water partition coefficient (Wildman–Crippen LogP) is 2.74. The number of ether oxygens (including phenoxy) is 2. The summed E-state index contributed by atoms with van der Waals surface area (Å²) in [5.41, 5.74) is 3.23. The Labute approximate surface area is 199 Å². The summed E-state index contributed by atoms with van der Waals surface area (Å²) in [6, 6.07) is 7.29. The van der Waals surface area contributed by atoms with Crippen LogP contribution >= 0.6 is 12.4 Å². The number of aliphatic hydroxyl groups excluding tert-OH is 1. The van der Waals surface area contributed by atoms with E-state index < -0.39 is 0 Å². The number of halogens is 1. The molecule has 0 unspecified atom stereocenters. The molecule has 3 rings (SSSR count). The summed E-state index contributed by atoms with van der Waals surface area (Å²) in [5.74, 6) is 0.891. The summed E-state index contributed by atoms with van der Waals surface area (Å²) in [4.78, 5) is 17.6. The Bertz CT molecular complexity index is 1190. The molecule has 0 aliphatic carbocycles. The number of hydrogen-bond donors (Lipinski definition) is 1. The van der Waals surface area contributed by atoms with Crippen molar-refractivity contribution in [1.29, 1.82) is 0 Å². The number of aryl methyl sites for hydroxylation is 1. The van der Waals surface area contributed by atoms with Gasteiger partial charge in [-0.3, -0.25) is 9.79 Å². The number of hydrogen-bond acceptors (Lipinski definition) is 7. The fourth-order valence-corrected chi connectivity index (χ4v) is 3.32. The van der Waals surface area contributed by atoms with Gasteiger partial charge in [0.2, 0.25) is 11.5 Å². The molecule has 1 aromatic carbocycles. The number of fused-ring (bicyclic) bond motifs is 1. The fraction of sp³-hybridized carbons (Fsp3) is 0.478. The zero-order valence-corrected chi connectivity index (χ0v) is 20.8. The lowest BCUT2D eigenvalue weighted by atomic mass is 9.85. The molecule has 0 aliphatic heterocycles. The van der Waals surface area contributed by atoms with Gasteiger partial charge in [-0.05, 0) is 43.0 Å². The highest BCUT2D eigenvalue weighted by Gasteiger charge is 2.20. The first-order valence-electron chi connectivity index (χ1n) is 10.6. The smallest absolute Gasteiger partial charge is 0.245 e. The van der Waals surface area contributed by atoms with Crippen molar-refractivity contribution in [1.82, 2.24) is 19.4 Å². The van der Waals surface area contributed by atoms with E-state index in [4.69, 9.17) is 14.6 Å². The molecule has 1 N–H and O–H groups in total. The van der Waals surface area contributed by atoms with E-state index in [1.807, 2.05) is 32.0 Å². The van der Waals surface area contributed by atoms with Gasteiger partial charge < -0.3 is 14.6 Å². The van der Waals surface area contributed by atoms with Gasteiger partial charge in [-0.2, -0.15) is 4.52 Å². The maximum atomic E-state index is 13.3. The van der Waals surface area contributed by atoms with E-state index in [-0.39, 0.29) is 43.4 Å². The topological polar surface area (TPSA) is 103 Å². The molecular formula is C23H32ClN5O4. The molecule has 0 atom stereocenters. The Hall–Kier alpha value is -2.91. The largest absolute Gasteiger partial charge is 0.491 e. The van der Waals surface area contributed by atoms with Crippen molar-refractivity contribution in [2.24, 2.45) is 4.99 Å². The molecule has 2 heterocycles. The molecule has 0 amide bonds. The molecule has 0 saturated carbocycles. The first kappa shape index (κ1) is 26.3. The van der Waals surface area contributed by atoms with Gasteiger partial charge in [0, 0.05) is 24.2 Å². The summed E-state index contributed by atoms with van der Waals surface area (Å²) < 4.78 is 14.3. The zero-order chi connectivity index (χ0) is 23.5. The Morgan fingerprint density at radius 1 is 1.15 bits per heavy atom. The van der Waals surface area contributed by atoms with E-state index in [1.54, 1.807) is 22.3 Å². The molecule has 2 aromatic heterocycles. The molecule has 0 fully saturated rings. The third-order valence-electron chi connectivity index (χ3n) is 4.97. The van der Waals surface area contributed by atoms with Crippen molar-refractivity contribution >= 4 is 23.8 Å². The van der Waals surface area contributed by atoms with Crippen LogP contribution in [0.4, 0.5) is 0 Å². The summed E-state index contributed by atoms with van der Waals surface area (Å²) in [6.45, 7) is 10.6. The van der Waals surface area contributed by atoms with E-state index >= 15 is 0 Å². The van der Waals surface area contributed by atoms with E-state index in [2.05, 4.69) is 36.0 Å². The lowest BCUT2D eigenvalue weighted by Gasteiger charge is -2.21. The zero-order valence-electron chi connectivity index (χ0n) is 20.0. The summed E-state index contributed by atoms with van der Waals surface area (Å²) in [6.07, 6.45) is 0. The maximum Gasteiger partial charge on any atom is 0.245 e. The normalized spacial score (nSPS) is 12.0. The van der Waals surface area contributed by atoms with Crippen LogP contribution in [0.25, 0.3) is 5.65 Å². The Kier molecular flexibility index (Phi) is 8.63. The van der Waals surface area contributed by atoms with Crippen LogP contribution in [0, 0.1) is 6.92 Å². The van der Waals surface area contributed by atoms with Gasteiger partial charge in [0.25, 0.3) is 0 Å². The quantitative estimate of drug-likeness (QED) is 0.500. The van der Waals surface area contributed by atoms with Crippen molar-refractivity contribution in [3.8, 4) is 11.6 Å². The first-order valence-corrected chi connectivity index (χ1v) is 10.6. The fourth-order valence-electron chi connectivity index (χ4n) is 3.32. The SMILES string of the molecule is CCOc1cc(C)c2nn(CC(=O)c3cc(OCCO)cc(C(C)(C)C)c3)c(=NC)n2n1.Cl. The number of carbonyl (C=O) groups excluding carboxylic acids is 1. The summed E-state index contributed by atoms with van der Waals surface area (Å²) >= 11 is 0. The summed E-state index contributed by atoms with van der Waals surface area (Å²) in [7, 11) is 1.63. The average Bonchev–Trinajstić information content (AvgIpc) is 3.09. The molecule has 0 spiro atoms. The van der Waals surface area contributed by atoms with Gasteiger partial charge in [-0.1, -0.05) is 20.8 Å². The van der Waals surface area contributed by atoms with E-state index in [1.165, 1.54) is 0 Å². The minimum atomic E-state index is -0.176. The minimum Gasteiger partial charge on any atom is -0.491 e. The molecular weight excluding hydrogens is 446 g/mol. The van der Waals surface area contributed by atoms with Crippen LogP contribution in [0.5, 0.6) is 11.6 Å². The summed E-state index contributed by atoms with van der Waals surface area (Å²) in [5, 5.41) is 18.1. The highest BCUT2D eigenvalue weighted by molar-refractivity contribution is 5.96. The Balaban J connectivity index is 0.00000385. The van der Waals surface area contributed by atoms with Crippen molar-refractivity contribution in [3.05, 3.63) is 46.6 Å². The monoisotopic (exact) mass is 477 g/mol. The van der Waals surface area contributed by atoms with Crippen LogP contribution < -0.4 is 15.1 Å². The molecule has 3 aromatic rings. The number of ketones is 1. The van der Waals surface area contributed by atoms with Crippen LogP contribution in [-0.2, 0) is 12.0 Å². The van der Waals surface area contributed by atoms with Crippen LogP contribution in [0.1, 0.15) is 49.2 Å². The van der Waals surface area contributed by atoms with Crippen LogP contribution in [0.2, 0.25) is 0 Å². The van der Waals surface area contributed by atoms with Gasteiger partial charge in [-0.15, -0.1) is 22.6 Å². The van der Waals surface area contributed by atoms with Crippen molar-refractivity contribution < 1.29 is 19.4 Å². The Morgan fingerprint density at radius 3 is 2.48 bits per heavy atom. The second-order valence-corrected chi connectivity index (χ2v) is 8.51. The third-order valence-corrected chi connectivity index (χ3v) is 4.97. The van der Waals surface area contributed by atoms with Gasteiger partial charge in [0.05, 0.1) is 13.2 Å². The van der Waals surface area contributed by atoms with Crippen molar-refractivity contribution in [2.45, 2.75) is 46.6 Å².